The van der Waals surface area contributed by atoms with E-state index in [2.05, 4.69) is 24.0 Å². The number of carbonyl (C=O) groups is 1. The highest BCUT2D eigenvalue weighted by Crippen LogP contribution is 2.65. The van der Waals surface area contributed by atoms with Crippen LogP contribution in [0.1, 0.15) is 84.5 Å². The molecule has 0 spiro atoms. The Kier molecular flexibility index (Phi) is 5.82. The second-order valence-corrected chi connectivity index (χ2v) is 12.7. The summed E-state index contributed by atoms with van der Waals surface area (Å²) in [6, 6.07) is 4.36. The van der Waals surface area contributed by atoms with E-state index in [9.17, 15) is 14.3 Å². The molecule has 4 fully saturated rings. The zero-order valence-electron chi connectivity index (χ0n) is 21.3. The number of benzene rings is 1. The van der Waals surface area contributed by atoms with Gasteiger partial charge in [0.15, 0.2) is 5.78 Å². The molecule has 8 atom stereocenters. The molecule has 35 heavy (non-hydrogen) atoms. The van der Waals surface area contributed by atoms with Crippen molar-refractivity contribution < 1.29 is 14.3 Å². The largest absolute Gasteiger partial charge is 0.390 e. The van der Waals surface area contributed by atoms with Gasteiger partial charge in [-0.3, -0.25) is 4.79 Å². The second kappa shape index (κ2) is 8.64. The third kappa shape index (κ3) is 4.04. The van der Waals surface area contributed by atoms with Crippen molar-refractivity contribution in [2.45, 2.75) is 96.6 Å². The highest BCUT2D eigenvalue weighted by Gasteiger charge is 2.57. The van der Waals surface area contributed by atoms with Gasteiger partial charge < -0.3 is 5.11 Å². The van der Waals surface area contributed by atoms with E-state index in [-0.39, 0.29) is 23.6 Å². The van der Waals surface area contributed by atoms with E-state index in [0.717, 1.165) is 49.4 Å². The molecule has 4 saturated carbocycles. The van der Waals surface area contributed by atoms with Crippen LogP contribution in [0.15, 0.2) is 18.2 Å². The van der Waals surface area contributed by atoms with Crippen LogP contribution in [0.2, 0.25) is 0 Å². The monoisotopic (exact) mass is 481 g/mol. The molecule has 4 aliphatic carbocycles. The number of carbonyl (C=O) groups excluding carboxylic acids is 1. The van der Waals surface area contributed by atoms with Gasteiger partial charge in [-0.15, -0.1) is 0 Å². The first-order chi connectivity index (χ1) is 16.8. The van der Waals surface area contributed by atoms with E-state index in [0.29, 0.717) is 29.3 Å². The topological polar surface area (TPSA) is 68.0 Å². The predicted molar refractivity (Wildman–Crippen MR) is 133 cm³/mol. The predicted octanol–water partition coefficient (Wildman–Crippen LogP) is 5.94. The lowest BCUT2D eigenvalue weighted by molar-refractivity contribution is -0.124. The molecule has 0 amide bonds. The molecule has 2 aromatic rings. The van der Waals surface area contributed by atoms with E-state index < -0.39 is 5.60 Å². The van der Waals surface area contributed by atoms with Gasteiger partial charge in [0.2, 0.25) is 0 Å². The van der Waals surface area contributed by atoms with Crippen LogP contribution in [0, 0.1) is 46.7 Å². The number of hydrogen-bond donors (Lipinski definition) is 1. The molecule has 1 aromatic heterocycles. The van der Waals surface area contributed by atoms with Crippen molar-refractivity contribution in [2.75, 3.05) is 0 Å². The lowest BCUT2D eigenvalue weighted by atomic mass is 9.48. The Morgan fingerprint density at radius 1 is 1.06 bits per heavy atom. The highest BCUT2D eigenvalue weighted by molar-refractivity contribution is 5.79. The zero-order valence-corrected chi connectivity index (χ0v) is 21.3. The van der Waals surface area contributed by atoms with Crippen molar-refractivity contribution in [1.82, 2.24) is 15.0 Å². The lowest BCUT2D eigenvalue weighted by Gasteiger charge is -2.57. The van der Waals surface area contributed by atoms with Crippen LogP contribution in [0.3, 0.4) is 0 Å². The van der Waals surface area contributed by atoms with Crippen LogP contribution in [0.25, 0.3) is 11.0 Å². The van der Waals surface area contributed by atoms with Gasteiger partial charge in [0.05, 0.1) is 5.60 Å². The van der Waals surface area contributed by atoms with Gasteiger partial charge in [0, 0.05) is 12.5 Å². The Morgan fingerprint density at radius 3 is 2.69 bits per heavy atom. The van der Waals surface area contributed by atoms with Crippen molar-refractivity contribution in [3.05, 3.63) is 24.0 Å². The fourth-order valence-electron chi connectivity index (χ4n) is 9.23. The van der Waals surface area contributed by atoms with Gasteiger partial charge in [-0.2, -0.15) is 15.0 Å². The fourth-order valence-corrected chi connectivity index (χ4v) is 9.23. The van der Waals surface area contributed by atoms with Crippen molar-refractivity contribution in [1.29, 1.82) is 0 Å². The molecule has 6 heteroatoms. The van der Waals surface area contributed by atoms with Crippen LogP contribution in [0.5, 0.6) is 0 Å². The highest BCUT2D eigenvalue weighted by atomic mass is 19.1. The summed E-state index contributed by atoms with van der Waals surface area (Å²) >= 11 is 0. The van der Waals surface area contributed by atoms with Crippen LogP contribution in [0.4, 0.5) is 4.39 Å². The third-order valence-electron chi connectivity index (χ3n) is 11.1. The molecule has 1 aromatic carbocycles. The van der Waals surface area contributed by atoms with Gasteiger partial charge in [-0.05, 0) is 117 Å². The van der Waals surface area contributed by atoms with E-state index >= 15 is 0 Å². The zero-order chi connectivity index (χ0) is 24.4. The average Bonchev–Trinajstić information content (AvgIpc) is 3.38. The maximum atomic E-state index is 13.5. The van der Waals surface area contributed by atoms with Crippen molar-refractivity contribution in [2.24, 2.45) is 40.9 Å². The van der Waals surface area contributed by atoms with Crippen LogP contribution in [-0.2, 0) is 11.3 Å². The van der Waals surface area contributed by atoms with Crippen molar-refractivity contribution in [3.63, 3.8) is 0 Å². The first-order valence-corrected chi connectivity index (χ1v) is 14.0. The Bertz CT molecular complexity index is 1120. The number of ketones is 1. The molecular weight excluding hydrogens is 441 g/mol. The van der Waals surface area contributed by atoms with E-state index in [1.165, 1.54) is 55.5 Å². The molecular formula is C29H40FN3O2. The normalized spacial score (nSPS) is 40.8. The Morgan fingerprint density at radius 2 is 1.86 bits per heavy atom. The van der Waals surface area contributed by atoms with Gasteiger partial charge in [-0.25, -0.2) is 4.39 Å². The number of hydrogen-bond acceptors (Lipinski definition) is 4. The Balaban J connectivity index is 1.12. The second-order valence-electron chi connectivity index (χ2n) is 12.7. The molecule has 4 aliphatic rings. The summed E-state index contributed by atoms with van der Waals surface area (Å²) in [5.41, 5.74) is 0.966. The molecule has 0 radical (unpaired) electrons. The number of Topliss-reactive ketones (excluding diaryl/α,β-unsaturated/α-hetero) is 1. The summed E-state index contributed by atoms with van der Waals surface area (Å²) in [6.07, 6.45) is 12.2. The van der Waals surface area contributed by atoms with Crippen molar-refractivity contribution >= 4 is 16.8 Å². The first-order valence-electron chi connectivity index (χ1n) is 14.0. The summed E-state index contributed by atoms with van der Waals surface area (Å²) < 4.78 is 13.5. The number of aliphatic hydroxyl groups is 1. The maximum absolute atomic E-state index is 13.5. The molecule has 0 bridgehead atoms. The summed E-state index contributed by atoms with van der Waals surface area (Å²) in [6.45, 7) is 4.79. The summed E-state index contributed by atoms with van der Waals surface area (Å²) in [5, 5.41) is 19.6. The maximum Gasteiger partial charge on any atom is 0.156 e. The smallest absolute Gasteiger partial charge is 0.156 e. The molecule has 1 N–H and O–H groups in total. The fraction of sp³-hybridized carbons (Fsp3) is 0.759. The van der Waals surface area contributed by atoms with E-state index in [1.54, 1.807) is 6.07 Å². The minimum atomic E-state index is -0.417. The number of aromatic nitrogens is 3. The first kappa shape index (κ1) is 23.6. The molecule has 5 nitrogen and oxygen atoms in total. The molecule has 6 rings (SSSR count). The molecule has 0 aliphatic heterocycles. The van der Waals surface area contributed by atoms with E-state index in [1.807, 2.05) is 0 Å². The van der Waals surface area contributed by atoms with E-state index in [4.69, 9.17) is 0 Å². The lowest BCUT2D eigenvalue weighted by Crippen LogP contribution is -2.51. The van der Waals surface area contributed by atoms with Gasteiger partial charge in [0.25, 0.3) is 0 Å². The molecule has 190 valence electrons. The molecule has 0 saturated heterocycles. The number of rotatable bonds is 5. The van der Waals surface area contributed by atoms with Crippen LogP contribution >= 0.6 is 0 Å². The minimum Gasteiger partial charge on any atom is -0.390 e. The quantitative estimate of drug-likeness (QED) is 0.574. The minimum absolute atomic E-state index is 0.170. The van der Waals surface area contributed by atoms with Gasteiger partial charge in [-0.1, -0.05) is 13.8 Å². The van der Waals surface area contributed by atoms with Crippen molar-refractivity contribution in [3.8, 4) is 0 Å². The Hall–Kier alpha value is -1.82. The van der Waals surface area contributed by atoms with Crippen LogP contribution < -0.4 is 0 Å². The number of nitrogens with zero attached hydrogens (tertiary/aromatic N) is 3. The summed E-state index contributed by atoms with van der Waals surface area (Å²) in [7, 11) is 0. The van der Waals surface area contributed by atoms with Crippen LogP contribution in [-0.4, -0.2) is 31.5 Å². The number of fused-ring (bicyclic) bond motifs is 6. The van der Waals surface area contributed by atoms with Gasteiger partial charge >= 0.3 is 0 Å². The SMILES string of the molecule is CC[C@@]1(O)CC[C@H]2[C@H](CC[C@@H]3[C@@H]2CC[C@]2(C)[C@@H](CC(=O)Cn4nc5ccc(F)cc5n4)CC[C@@H]32)C1. The third-order valence-corrected chi connectivity index (χ3v) is 11.1. The number of halogens is 1. The van der Waals surface area contributed by atoms with Gasteiger partial charge in [0.1, 0.15) is 23.4 Å². The summed E-state index contributed by atoms with van der Waals surface area (Å²) in [5.74, 6) is 4.17. The Labute approximate surface area is 207 Å². The molecule has 1 heterocycles. The standard InChI is InChI=1S/C29H40FN3O2/c1-3-29(35)13-11-22-18(16-29)4-7-24-23(22)10-12-28(2)19(5-8-25(24)28)14-21(34)17-33-31-26-9-6-20(30)15-27(26)32-33/h6,9,15,18-19,22-25,35H,3-5,7-8,10-14,16-17H2,1-2H3/t18-,19-,22+,23-,24-,25+,28-,29-/m1/s1. The average molecular weight is 482 g/mol. The molecule has 0 unspecified atom stereocenters. The summed E-state index contributed by atoms with van der Waals surface area (Å²) in [4.78, 5) is 14.5.